The summed E-state index contributed by atoms with van der Waals surface area (Å²) in [7, 11) is 0. The summed E-state index contributed by atoms with van der Waals surface area (Å²) in [5, 5.41) is 9.57. The Morgan fingerprint density at radius 2 is 1.85 bits per heavy atom. The Bertz CT molecular complexity index is 1410. The molecule has 8 heteroatoms. The van der Waals surface area contributed by atoms with Crippen molar-refractivity contribution >= 4 is 5.78 Å². The van der Waals surface area contributed by atoms with Gasteiger partial charge in [-0.15, -0.1) is 0 Å². The fourth-order valence-electron chi connectivity index (χ4n) is 4.84. The Labute approximate surface area is 196 Å². The highest BCUT2D eigenvalue weighted by molar-refractivity contribution is 6.01. The van der Waals surface area contributed by atoms with E-state index in [0.29, 0.717) is 31.0 Å². The zero-order chi connectivity index (χ0) is 23.4. The summed E-state index contributed by atoms with van der Waals surface area (Å²) in [6.07, 6.45) is 5.83. The van der Waals surface area contributed by atoms with Gasteiger partial charge in [0.15, 0.2) is 11.6 Å². The molecule has 4 aromatic rings. The topological polar surface area (TPSA) is 78.5 Å². The predicted octanol–water partition coefficient (Wildman–Crippen LogP) is 4.41. The number of Topliss-reactive ketones (excluding diaryl/α,β-unsaturated/α-hetero) is 1. The zero-order valence-corrected chi connectivity index (χ0v) is 19.3. The maximum absolute atomic E-state index is 13.5. The maximum atomic E-state index is 13.5. The van der Waals surface area contributed by atoms with Crippen LogP contribution in [0.2, 0.25) is 0 Å². The minimum absolute atomic E-state index is 0.154. The number of carbonyl (C=O) groups excluding carboxylic acids is 1. The highest BCUT2D eigenvalue weighted by atomic mass is 19.1. The number of nitrogens with zero attached hydrogens (tertiary/aromatic N) is 6. The van der Waals surface area contributed by atoms with E-state index in [4.69, 9.17) is 5.10 Å². The van der Waals surface area contributed by atoms with Crippen molar-refractivity contribution in [2.45, 2.75) is 52.5 Å². The van der Waals surface area contributed by atoms with Crippen LogP contribution >= 0.6 is 0 Å². The van der Waals surface area contributed by atoms with Gasteiger partial charge in [-0.3, -0.25) is 9.48 Å². The van der Waals surface area contributed by atoms with Gasteiger partial charge in [0, 0.05) is 36.7 Å². The second-order valence-corrected chi connectivity index (χ2v) is 9.34. The fraction of sp³-hybridized carbons (Fsp3) is 0.346. The van der Waals surface area contributed by atoms with Crippen LogP contribution in [0.5, 0.6) is 0 Å². The van der Waals surface area contributed by atoms with Gasteiger partial charge in [-0.25, -0.2) is 19.0 Å². The highest BCUT2D eigenvalue weighted by Gasteiger charge is 2.28. The van der Waals surface area contributed by atoms with Gasteiger partial charge in [0.2, 0.25) is 0 Å². The molecule has 7 nitrogen and oxygen atoms in total. The first kappa shape index (κ1) is 20.9. The quantitative estimate of drug-likeness (QED) is 0.429. The van der Waals surface area contributed by atoms with E-state index in [0.717, 1.165) is 51.7 Å². The van der Waals surface area contributed by atoms with Gasteiger partial charge < -0.3 is 0 Å². The molecule has 0 bridgehead atoms. The molecule has 2 aliphatic rings. The molecule has 1 fully saturated rings. The van der Waals surface area contributed by atoms with Gasteiger partial charge in [-0.1, -0.05) is 0 Å². The molecule has 1 saturated carbocycles. The van der Waals surface area contributed by atoms with Crippen molar-refractivity contribution in [1.29, 1.82) is 0 Å². The Hall–Kier alpha value is -3.68. The first-order valence-electron chi connectivity index (χ1n) is 11.7. The predicted molar refractivity (Wildman–Crippen MR) is 124 cm³/mol. The minimum atomic E-state index is -0.255. The molecule has 0 unspecified atom stereocenters. The van der Waals surface area contributed by atoms with Crippen molar-refractivity contribution in [3.63, 3.8) is 0 Å². The van der Waals surface area contributed by atoms with Gasteiger partial charge in [0.1, 0.15) is 12.1 Å². The molecule has 3 aromatic heterocycles. The van der Waals surface area contributed by atoms with E-state index < -0.39 is 0 Å². The van der Waals surface area contributed by atoms with Gasteiger partial charge in [0.05, 0.1) is 28.3 Å². The third kappa shape index (κ3) is 3.63. The molecule has 172 valence electrons. The van der Waals surface area contributed by atoms with Gasteiger partial charge in [-0.05, 0) is 68.9 Å². The van der Waals surface area contributed by atoms with Crippen LogP contribution in [0.1, 0.15) is 58.0 Å². The molecule has 0 saturated heterocycles. The number of aromatic nitrogens is 6. The largest absolute Gasteiger partial charge is 0.294 e. The fourth-order valence-corrected chi connectivity index (χ4v) is 4.84. The van der Waals surface area contributed by atoms with E-state index in [9.17, 15) is 9.18 Å². The molecule has 1 aromatic carbocycles. The molecular weight excluding hydrogens is 431 g/mol. The third-order valence-electron chi connectivity index (χ3n) is 6.90. The van der Waals surface area contributed by atoms with Crippen LogP contribution in [0.15, 0.2) is 36.7 Å². The van der Waals surface area contributed by atoms with Crippen molar-refractivity contribution < 1.29 is 9.18 Å². The molecule has 3 heterocycles. The van der Waals surface area contributed by atoms with E-state index in [1.165, 1.54) is 25.0 Å². The SMILES string of the molecule is Cc1c(-c2ccc(F)cc2)nn(CC2CC2)c1Cc1cc(-n2nc3c(c2C)C(=O)CC3)ncn1. The van der Waals surface area contributed by atoms with Crippen LogP contribution < -0.4 is 0 Å². The van der Waals surface area contributed by atoms with E-state index in [-0.39, 0.29) is 11.6 Å². The number of rotatable bonds is 6. The monoisotopic (exact) mass is 456 g/mol. The second kappa shape index (κ2) is 7.97. The normalized spacial score (nSPS) is 15.2. The molecule has 34 heavy (non-hydrogen) atoms. The van der Waals surface area contributed by atoms with Crippen molar-refractivity contribution in [3.05, 3.63) is 76.4 Å². The second-order valence-electron chi connectivity index (χ2n) is 9.34. The Kier molecular flexibility index (Phi) is 4.90. The number of benzene rings is 1. The first-order valence-corrected chi connectivity index (χ1v) is 11.7. The molecule has 0 atom stereocenters. The minimum Gasteiger partial charge on any atom is -0.294 e. The van der Waals surface area contributed by atoms with Crippen LogP contribution in [0, 0.1) is 25.6 Å². The van der Waals surface area contributed by atoms with E-state index in [2.05, 4.69) is 26.7 Å². The van der Waals surface area contributed by atoms with Crippen molar-refractivity contribution in [1.82, 2.24) is 29.5 Å². The maximum Gasteiger partial charge on any atom is 0.166 e. The van der Waals surface area contributed by atoms with Crippen molar-refractivity contribution in [3.8, 4) is 17.1 Å². The summed E-state index contributed by atoms with van der Waals surface area (Å²) >= 11 is 0. The summed E-state index contributed by atoms with van der Waals surface area (Å²) in [5.41, 5.74) is 7.24. The van der Waals surface area contributed by atoms with Crippen LogP contribution in [-0.4, -0.2) is 35.3 Å². The molecule has 0 radical (unpaired) electrons. The number of hydrogen-bond acceptors (Lipinski definition) is 5. The van der Waals surface area contributed by atoms with Crippen LogP contribution in [0.4, 0.5) is 4.39 Å². The molecule has 6 rings (SSSR count). The molecule has 0 amide bonds. The molecule has 0 spiro atoms. The Balaban J connectivity index is 1.36. The summed E-state index contributed by atoms with van der Waals surface area (Å²) < 4.78 is 17.3. The van der Waals surface area contributed by atoms with Crippen molar-refractivity contribution in [2.75, 3.05) is 0 Å². The molecule has 2 aliphatic carbocycles. The Morgan fingerprint density at radius 1 is 1.06 bits per heavy atom. The zero-order valence-electron chi connectivity index (χ0n) is 19.3. The molecular formula is C26H25FN6O. The van der Waals surface area contributed by atoms with Crippen LogP contribution in [0.25, 0.3) is 17.1 Å². The summed E-state index contributed by atoms with van der Waals surface area (Å²) in [4.78, 5) is 21.2. The van der Waals surface area contributed by atoms with Crippen molar-refractivity contribution in [2.24, 2.45) is 5.92 Å². The highest BCUT2D eigenvalue weighted by Crippen LogP contribution is 2.34. The van der Waals surface area contributed by atoms with Gasteiger partial charge in [-0.2, -0.15) is 10.2 Å². The smallest absolute Gasteiger partial charge is 0.166 e. The summed E-state index contributed by atoms with van der Waals surface area (Å²) in [6, 6.07) is 8.43. The summed E-state index contributed by atoms with van der Waals surface area (Å²) in [6.45, 7) is 4.86. The average molecular weight is 457 g/mol. The standard InChI is InChI=1S/C26H25FN6O/c1-15-22(32(13-17-3-4-17)31-26(15)18-5-7-19(27)8-6-18)11-20-12-24(29-14-28-20)33-16(2)25-21(30-33)9-10-23(25)34/h5-8,12,14,17H,3-4,9-11,13H2,1-2H3. The van der Waals surface area contributed by atoms with Gasteiger partial charge >= 0.3 is 0 Å². The van der Waals surface area contributed by atoms with Gasteiger partial charge in [0.25, 0.3) is 0 Å². The lowest BCUT2D eigenvalue weighted by atomic mass is 10.0. The lowest BCUT2D eigenvalue weighted by Gasteiger charge is -2.09. The number of ketones is 1. The van der Waals surface area contributed by atoms with Crippen LogP contribution in [0.3, 0.4) is 0 Å². The first-order chi connectivity index (χ1) is 16.5. The number of hydrogen-bond donors (Lipinski definition) is 0. The van der Waals surface area contributed by atoms with E-state index >= 15 is 0 Å². The average Bonchev–Trinajstić information content (AvgIpc) is 3.39. The Morgan fingerprint density at radius 3 is 2.59 bits per heavy atom. The lowest BCUT2D eigenvalue weighted by molar-refractivity contribution is 0.0993. The van der Waals surface area contributed by atoms with E-state index in [1.54, 1.807) is 23.1 Å². The number of carbonyl (C=O) groups is 1. The van der Waals surface area contributed by atoms with E-state index in [1.807, 2.05) is 13.0 Å². The lowest BCUT2D eigenvalue weighted by Crippen LogP contribution is -2.10. The van der Waals surface area contributed by atoms with Crippen LogP contribution in [-0.2, 0) is 19.4 Å². The molecule has 0 aliphatic heterocycles. The summed E-state index contributed by atoms with van der Waals surface area (Å²) in [5.74, 6) is 1.22. The third-order valence-corrected chi connectivity index (χ3v) is 6.90. The number of fused-ring (bicyclic) bond motifs is 1. The molecule has 0 N–H and O–H groups in total. The number of aryl methyl sites for hydroxylation is 1. The number of halogens is 1.